The molecular formula is C120H131N9+6. The summed E-state index contributed by atoms with van der Waals surface area (Å²) in [7, 11) is 12.8. The van der Waals surface area contributed by atoms with E-state index in [2.05, 4.69) is 512 Å². The molecule has 0 fully saturated rings. The molecule has 9 nitrogen and oxygen atoms in total. The molecule has 0 radical (unpaired) electrons. The third-order valence-corrected chi connectivity index (χ3v) is 26.1. The number of aromatic nitrogens is 9. The van der Waals surface area contributed by atoms with E-state index in [4.69, 9.17) is 0 Å². The fourth-order valence-corrected chi connectivity index (χ4v) is 19.6. The van der Waals surface area contributed by atoms with Crippen LogP contribution >= 0.6 is 0 Å². The van der Waals surface area contributed by atoms with Crippen LogP contribution in [-0.2, 0) is 55.1 Å². The van der Waals surface area contributed by atoms with Crippen LogP contribution in [0.3, 0.4) is 0 Å². The molecule has 0 saturated carbocycles. The number of imidazole rings is 3. The van der Waals surface area contributed by atoms with Gasteiger partial charge in [0.05, 0.1) is 37.3 Å². The van der Waals surface area contributed by atoms with Gasteiger partial charge in [0.2, 0.25) is 17.1 Å². The van der Waals surface area contributed by atoms with E-state index < -0.39 is 0 Å². The average Bonchev–Trinajstić information content (AvgIpc) is 1.60. The average molecular weight is 1700 g/mol. The molecule has 0 N–H and O–H groups in total. The largest absolute Gasteiger partial charge is 0.295 e. The van der Waals surface area contributed by atoms with Gasteiger partial charge in [0.25, 0.3) is 16.9 Å². The number of nitrogens with zero attached hydrogens (tertiary/aromatic N) is 9. The maximum Gasteiger partial charge on any atom is 0.295 e. The number of pyridine rings is 6. The van der Waals surface area contributed by atoms with Crippen molar-refractivity contribution in [1.29, 1.82) is 0 Å². The van der Waals surface area contributed by atoms with Crippen molar-refractivity contribution in [3.05, 3.63) is 388 Å². The molecule has 650 valence electrons. The lowest BCUT2D eigenvalue weighted by Gasteiger charge is -2.18. The van der Waals surface area contributed by atoms with E-state index >= 15 is 0 Å². The molecule has 0 bridgehead atoms. The van der Waals surface area contributed by atoms with Gasteiger partial charge in [0, 0.05) is 102 Å². The molecule has 0 saturated heterocycles. The van der Waals surface area contributed by atoms with E-state index in [0.717, 1.165) is 12.8 Å². The predicted octanol–water partition coefficient (Wildman–Crippen LogP) is 26.8. The second kappa shape index (κ2) is 38.6. The van der Waals surface area contributed by atoms with Crippen molar-refractivity contribution in [2.24, 2.45) is 54.1 Å². The molecule has 0 atom stereocenters. The molecule has 0 spiro atoms. The first-order chi connectivity index (χ1) is 62.0. The zero-order valence-corrected chi connectivity index (χ0v) is 80.7. The summed E-state index contributed by atoms with van der Waals surface area (Å²) in [5, 5.41) is 11.9. The third-order valence-electron chi connectivity index (χ3n) is 26.1. The van der Waals surface area contributed by atoms with E-state index in [1.54, 1.807) is 0 Å². The summed E-state index contributed by atoms with van der Waals surface area (Å²) < 4.78 is 20.8. The van der Waals surface area contributed by atoms with Crippen LogP contribution in [0.25, 0.3) is 138 Å². The highest BCUT2D eigenvalue weighted by Crippen LogP contribution is 2.42. The fourth-order valence-electron chi connectivity index (χ4n) is 19.6. The van der Waals surface area contributed by atoms with Crippen LogP contribution in [0.15, 0.2) is 310 Å². The van der Waals surface area contributed by atoms with Gasteiger partial charge < -0.3 is 0 Å². The number of para-hydroxylation sites is 3. The monoisotopic (exact) mass is 1700 g/mol. The molecule has 9 aromatic heterocycles. The Morgan fingerprint density at radius 2 is 0.674 bits per heavy atom. The Bertz CT molecular complexity index is 7490. The quantitative estimate of drug-likeness (QED) is 0.0914. The third kappa shape index (κ3) is 18.2. The van der Waals surface area contributed by atoms with E-state index in [-0.39, 0.29) is 0 Å². The van der Waals surface area contributed by atoms with Crippen LogP contribution in [0.2, 0.25) is 0 Å². The van der Waals surface area contributed by atoms with Crippen LogP contribution in [0.4, 0.5) is 0 Å². The maximum atomic E-state index is 2.52. The SMILES string of the molecule is Cc1cc(-c2ccccc2C)[n+](C)cc1C.Cc1ccc(-c2ccccc2C)[n+](C)c1.Cc1cccc2c3ccccc3[n+]3cc(C)n(C)c3c12.Cc1cccc2c3ccccc3n3c(-c4c(C(C)C)cccc4C(C)C)c[n+](C)c3c12.Cc1cccc2c3ccccc3n3c(-c4c(CC(C)C)cccc4CC(C)C)c[n+](C)c3c12.Cc1ccccc1-c1cccc[n+]1C. The number of rotatable bonds is 11. The van der Waals surface area contributed by atoms with Crippen molar-refractivity contribution in [2.75, 3.05) is 0 Å². The molecule has 11 aromatic carbocycles. The molecule has 0 aliphatic heterocycles. The van der Waals surface area contributed by atoms with Gasteiger partial charge in [-0.15, -0.1) is 0 Å². The Labute approximate surface area is 765 Å². The highest BCUT2D eigenvalue weighted by atomic mass is 15.1. The Hall–Kier alpha value is -13.5. The van der Waals surface area contributed by atoms with Gasteiger partial charge >= 0.3 is 0 Å². The van der Waals surface area contributed by atoms with Crippen molar-refractivity contribution in [3.8, 4) is 56.3 Å². The second-order valence-corrected chi connectivity index (χ2v) is 37.4. The minimum atomic E-state index is 0.456. The Morgan fingerprint density at radius 3 is 1.15 bits per heavy atom. The molecule has 20 aromatic rings. The molecule has 0 aliphatic carbocycles. The number of aryl methyl sites for hydroxylation is 16. The fraction of sp³-hybridized carbons (Fsp3) is 0.250. The minimum Gasteiger partial charge on any atom is -0.232 e. The topological polar surface area (TPSA) is 37.2 Å². The lowest BCUT2D eigenvalue weighted by Crippen LogP contribution is -2.31. The van der Waals surface area contributed by atoms with Gasteiger partial charge in [-0.25, -0.2) is 27.4 Å². The van der Waals surface area contributed by atoms with Crippen molar-refractivity contribution < 1.29 is 27.2 Å². The predicted molar refractivity (Wildman–Crippen MR) is 543 cm³/mol. The Morgan fingerprint density at radius 1 is 0.287 bits per heavy atom. The summed E-state index contributed by atoms with van der Waals surface area (Å²) in [6.45, 7) is 40.2. The van der Waals surface area contributed by atoms with Crippen LogP contribution in [0.1, 0.15) is 145 Å². The summed E-state index contributed by atoms with van der Waals surface area (Å²) >= 11 is 0. The first-order valence-corrected chi connectivity index (χ1v) is 46.2. The van der Waals surface area contributed by atoms with Crippen LogP contribution < -0.4 is 27.2 Å². The van der Waals surface area contributed by atoms with Crippen LogP contribution in [-0.4, -0.2) is 13.4 Å². The van der Waals surface area contributed by atoms with E-state index in [1.165, 1.54) is 216 Å². The van der Waals surface area contributed by atoms with Crippen molar-refractivity contribution >= 4 is 82.0 Å². The maximum absolute atomic E-state index is 2.52. The summed E-state index contributed by atoms with van der Waals surface area (Å²) in [6, 6.07) is 98.4. The second-order valence-electron chi connectivity index (χ2n) is 37.4. The first kappa shape index (κ1) is 90.3. The lowest BCUT2D eigenvalue weighted by molar-refractivity contribution is -0.660. The number of benzene rings is 11. The summed E-state index contributed by atoms with van der Waals surface area (Å²) in [5.74, 6) is 2.13. The minimum absolute atomic E-state index is 0.456. The molecule has 129 heavy (non-hydrogen) atoms. The van der Waals surface area contributed by atoms with Crippen LogP contribution in [0.5, 0.6) is 0 Å². The van der Waals surface area contributed by atoms with E-state index in [0.29, 0.717) is 23.7 Å². The van der Waals surface area contributed by atoms with Crippen molar-refractivity contribution in [1.82, 2.24) is 13.4 Å². The van der Waals surface area contributed by atoms with Crippen molar-refractivity contribution in [3.63, 3.8) is 0 Å². The highest BCUT2D eigenvalue weighted by molar-refractivity contribution is 6.15. The lowest BCUT2D eigenvalue weighted by atomic mass is 9.87. The zero-order chi connectivity index (χ0) is 91.5. The normalized spacial score (nSPS) is 11.4. The van der Waals surface area contributed by atoms with Crippen molar-refractivity contribution in [2.45, 2.75) is 149 Å². The molecule has 9 heteroatoms. The Kier molecular flexibility index (Phi) is 27.0. The highest BCUT2D eigenvalue weighted by Gasteiger charge is 2.31. The molecule has 20 rings (SSSR count). The first-order valence-electron chi connectivity index (χ1n) is 46.2. The van der Waals surface area contributed by atoms with Gasteiger partial charge in [0.15, 0.2) is 30.0 Å². The summed E-state index contributed by atoms with van der Waals surface area (Å²) in [5.41, 5.74) is 39.6. The van der Waals surface area contributed by atoms with Crippen LogP contribution in [0, 0.1) is 81.1 Å². The molecular weight excluding hydrogens is 1570 g/mol. The smallest absolute Gasteiger partial charge is 0.232 e. The Balaban J connectivity index is 0.000000123. The summed E-state index contributed by atoms with van der Waals surface area (Å²) in [4.78, 5) is 0. The number of hydrogen-bond acceptors (Lipinski definition) is 0. The standard InChI is InChI=1S/C31H35N2.C29H31N2.C18H17N2.C15H18N.C14H16N.C13H14N/c1-20(2)17-23-12-10-13-24(18-21(3)4)30(23)28-19-32(6)31-29-22(5)11-9-15-26(29)25-14-7-8-16-27(25)33(28)31;1-18(2)21-13-10-14-22(19(3)4)28(21)26-17-30(6)29-27-20(5)11-9-15-24(27)23-12-7-8-16-25(23)31(26)29;1-12-7-6-9-15-14-8-4-5-10-16(14)20-11-13(2)19(3)18(20)17(12)15;1-11-7-5-6-8-14(11)15-9-12(2)13(3)10-16(15)4;1-11-8-9-14(15(3)10-11)13-7-5-4-6-12(13)2;1-11-7-3-4-8-12(11)13-9-5-6-10-14(13)2/h7-16,19-21H,17-18H2,1-6H3;7-19H,1-6H3;4-11H,1-3H3;5-10H,1-4H3;4-10H,1-3H3;3-10H,1-2H3/q6*+1. The van der Waals surface area contributed by atoms with Gasteiger partial charge in [-0.2, -0.15) is 13.2 Å². The molecule has 9 heterocycles. The molecule has 0 amide bonds. The van der Waals surface area contributed by atoms with E-state index in [9.17, 15) is 0 Å². The summed E-state index contributed by atoms with van der Waals surface area (Å²) in [6.07, 6.45) is 15.5. The zero-order valence-electron chi connectivity index (χ0n) is 80.7. The number of fused-ring (bicyclic) bond motifs is 18. The number of hydrogen-bond donors (Lipinski definition) is 0. The van der Waals surface area contributed by atoms with Gasteiger partial charge in [0.1, 0.15) is 62.0 Å². The van der Waals surface area contributed by atoms with E-state index in [1.807, 2.05) is 6.07 Å². The van der Waals surface area contributed by atoms with Gasteiger partial charge in [-0.3, -0.25) is 0 Å². The molecule has 0 aliphatic rings. The molecule has 0 unspecified atom stereocenters. The van der Waals surface area contributed by atoms with Gasteiger partial charge in [-0.1, -0.05) is 256 Å². The van der Waals surface area contributed by atoms with Gasteiger partial charge in [-0.05, 0) is 209 Å².